The summed E-state index contributed by atoms with van der Waals surface area (Å²) in [6, 6.07) is 7.94. The molecule has 3 aromatic rings. The van der Waals surface area contributed by atoms with Crippen LogP contribution in [0, 0.1) is 0 Å². The second-order valence-corrected chi connectivity index (χ2v) is 7.24. The van der Waals surface area contributed by atoms with E-state index in [0.29, 0.717) is 23.6 Å². The first-order valence-electron chi connectivity index (χ1n) is 9.43. The van der Waals surface area contributed by atoms with Crippen molar-refractivity contribution in [3.63, 3.8) is 0 Å². The van der Waals surface area contributed by atoms with Crippen LogP contribution in [0.25, 0.3) is 11.2 Å². The van der Waals surface area contributed by atoms with Crippen LogP contribution in [0.1, 0.15) is 11.8 Å². The molecule has 10 heteroatoms. The Morgan fingerprint density at radius 1 is 1.14 bits per heavy atom. The minimum Gasteiger partial charge on any atom is -0.491 e. The van der Waals surface area contributed by atoms with Gasteiger partial charge in [-0.2, -0.15) is 0 Å². The molecule has 29 heavy (non-hydrogen) atoms. The summed E-state index contributed by atoms with van der Waals surface area (Å²) in [6.45, 7) is 0.102. The maximum Gasteiger partial charge on any atom is 0.167 e. The van der Waals surface area contributed by atoms with E-state index in [9.17, 15) is 15.3 Å². The topological polar surface area (TPSA) is 135 Å². The molecule has 0 radical (unpaired) electrons. The Hall–Kier alpha value is -2.79. The van der Waals surface area contributed by atoms with Crippen molar-refractivity contribution in [3.8, 4) is 5.75 Å². The van der Waals surface area contributed by atoms with Crippen LogP contribution in [0.3, 0.4) is 0 Å². The first-order chi connectivity index (χ1) is 14.2. The van der Waals surface area contributed by atoms with Crippen molar-refractivity contribution in [1.82, 2.24) is 19.5 Å². The molecule has 10 nitrogen and oxygen atoms in total. The molecule has 0 saturated carbocycles. The highest BCUT2D eigenvalue weighted by Crippen LogP contribution is 2.32. The molecule has 5 atom stereocenters. The van der Waals surface area contributed by atoms with E-state index in [1.54, 1.807) is 4.57 Å². The maximum absolute atomic E-state index is 10.3. The first-order valence-corrected chi connectivity index (χ1v) is 9.43. The lowest BCUT2D eigenvalue weighted by molar-refractivity contribution is -0.0511. The van der Waals surface area contributed by atoms with Gasteiger partial charge in [-0.3, -0.25) is 4.57 Å². The normalized spacial score (nSPS) is 28.9. The first kappa shape index (κ1) is 18.3. The smallest absolute Gasteiger partial charge is 0.167 e. The summed E-state index contributed by atoms with van der Waals surface area (Å²) in [5.41, 5.74) is 2.09. The van der Waals surface area contributed by atoms with Crippen molar-refractivity contribution in [1.29, 1.82) is 0 Å². The molecule has 1 unspecified atom stereocenters. The van der Waals surface area contributed by atoms with Gasteiger partial charge in [0, 0.05) is 0 Å². The number of hydrogen-bond donors (Lipinski definition) is 4. The number of anilines is 1. The fraction of sp³-hybridized carbons (Fsp3) is 0.421. The number of fused-ring (bicyclic) bond motifs is 2. The van der Waals surface area contributed by atoms with Gasteiger partial charge in [-0.25, -0.2) is 15.0 Å². The minimum atomic E-state index is -1.21. The fourth-order valence-corrected chi connectivity index (χ4v) is 3.87. The van der Waals surface area contributed by atoms with E-state index < -0.39 is 31.1 Å². The molecule has 1 aromatic carbocycles. The monoisotopic (exact) mass is 399 g/mol. The van der Waals surface area contributed by atoms with Crippen molar-refractivity contribution in [3.05, 3.63) is 42.5 Å². The number of hydrogen-bond acceptors (Lipinski definition) is 9. The van der Waals surface area contributed by atoms with Gasteiger partial charge in [0.25, 0.3) is 0 Å². The van der Waals surface area contributed by atoms with Crippen LogP contribution in [0.15, 0.2) is 36.9 Å². The summed E-state index contributed by atoms with van der Waals surface area (Å²) < 4.78 is 12.9. The van der Waals surface area contributed by atoms with Gasteiger partial charge in [0.15, 0.2) is 23.2 Å². The lowest BCUT2D eigenvalue weighted by atomic mass is 10.0. The molecule has 4 heterocycles. The maximum atomic E-state index is 10.3. The van der Waals surface area contributed by atoms with Gasteiger partial charge < -0.3 is 30.1 Å². The number of imidazole rings is 1. The third kappa shape index (κ3) is 3.10. The fourth-order valence-electron chi connectivity index (χ4n) is 3.87. The van der Waals surface area contributed by atoms with Crippen molar-refractivity contribution >= 4 is 17.0 Å². The van der Waals surface area contributed by atoms with Gasteiger partial charge in [-0.15, -0.1) is 0 Å². The van der Waals surface area contributed by atoms with Gasteiger partial charge >= 0.3 is 0 Å². The van der Waals surface area contributed by atoms with Crippen LogP contribution in [-0.4, -0.2) is 72.4 Å². The van der Waals surface area contributed by atoms with Gasteiger partial charge in [0.05, 0.1) is 19.0 Å². The second-order valence-electron chi connectivity index (χ2n) is 7.24. The largest absolute Gasteiger partial charge is 0.491 e. The summed E-state index contributed by atoms with van der Waals surface area (Å²) >= 11 is 0. The predicted molar refractivity (Wildman–Crippen MR) is 101 cm³/mol. The van der Waals surface area contributed by atoms with Crippen LogP contribution in [-0.2, 0) is 11.2 Å². The Labute approximate surface area is 165 Å². The van der Waals surface area contributed by atoms with Gasteiger partial charge in [-0.1, -0.05) is 18.2 Å². The molecule has 1 fully saturated rings. The molecule has 5 rings (SSSR count). The Balaban J connectivity index is 1.41. The van der Waals surface area contributed by atoms with Gasteiger partial charge in [0.2, 0.25) is 0 Å². The van der Waals surface area contributed by atoms with Crippen LogP contribution >= 0.6 is 0 Å². The quantitative estimate of drug-likeness (QED) is 0.472. The summed E-state index contributed by atoms with van der Waals surface area (Å²) in [5.74, 6) is 1.44. The molecule has 0 spiro atoms. The number of rotatable bonds is 4. The SMILES string of the molecule is OC[C@H]1O[C@@H](n2cnc3c(NC4COc5ccccc5C4)ncnc32)[C@H](O)[C@@H]1O. The van der Waals surface area contributed by atoms with Crippen LogP contribution in [0.5, 0.6) is 5.75 Å². The Morgan fingerprint density at radius 2 is 2.00 bits per heavy atom. The number of aliphatic hydroxyl groups is 3. The van der Waals surface area contributed by atoms with Gasteiger partial charge in [-0.05, 0) is 18.1 Å². The number of ether oxygens (including phenoxy) is 2. The summed E-state index contributed by atoms with van der Waals surface area (Å²) in [4.78, 5) is 13.0. The zero-order valence-electron chi connectivity index (χ0n) is 15.4. The molecular weight excluding hydrogens is 378 g/mol. The molecule has 2 aliphatic rings. The highest BCUT2D eigenvalue weighted by molar-refractivity contribution is 5.82. The standard InChI is InChI=1S/C19H21N5O5/c25-6-13-15(26)16(27)19(29-13)24-9-22-14-17(20-8-21-18(14)24)23-11-5-10-3-1-2-4-12(10)28-7-11/h1-4,8-9,11,13,15-16,19,25-27H,5-7H2,(H,20,21,23)/t11?,13-,15-,16-,19-/m1/s1. The summed E-state index contributed by atoms with van der Waals surface area (Å²) in [7, 11) is 0. The zero-order chi connectivity index (χ0) is 20.0. The molecule has 1 saturated heterocycles. The van der Waals surface area contributed by atoms with E-state index in [1.807, 2.05) is 24.3 Å². The van der Waals surface area contributed by atoms with E-state index >= 15 is 0 Å². The molecule has 2 aliphatic heterocycles. The number of aliphatic hydroxyl groups excluding tert-OH is 3. The summed E-state index contributed by atoms with van der Waals surface area (Å²) in [6.07, 6.45) is -0.497. The number of nitrogens with zero attached hydrogens (tertiary/aromatic N) is 4. The lowest BCUT2D eigenvalue weighted by Crippen LogP contribution is -2.33. The third-order valence-electron chi connectivity index (χ3n) is 5.37. The van der Waals surface area contributed by atoms with E-state index in [1.165, 1.54) is 12.7 Å². The zero-order valence-corrected chi connectivity index (χ0v) is 15.4. The third-order valence-corrected chi connectivity index (χ3v) is 5.37. The highest BCUT2D eigenvalue weighted by atomic mass is 16.6. The highest BCUT2D eigenvalue weighted by Gasteiger charge is 2.44. The Kier molecular flexibility index (Phi) is 4.55. The Morgan fingerprint density at radius 3 is 2.83 bits per heavy atom. The van der Waals surface area contributed by atoms with Crippen molar-refractivity contribution in [2.75, 3.05) is 18.5 Å². The van der Waals surface area contributed by atoms with E-state index in [0.717, 1.165) is 17.7 Å². The molecular formula is C19H21N5O5. The number of nitrogens with one attached hydrogen (secondary N) is 1. The van der Waals surface area contributed by atoms with E-state index in [2.05, 4.69) is 20.3 Å². The number of benzene rings is 1. The van der Waals surface area contributed by atoms with Crippen molar-refractivity contribution in [2.45, 2.75) is 37.0 Å². The minimum absolute atomic E-state index is 0.0158. The van der Waals surface area contributed by atoms with Gasteiger partial charge in [0.1, 0.15) is 37.0 Å². The molecule has 4 N–H and O–H groups in total. The van der Waals surface area contributed by atoms with Crippen molar-refractivity contribution in [2.24, 2.45) is 0 Å². The van der Waals surface area contributed by atoms with Crippen LogP contribution in [0.4, 0.5) is 5.82 Å². The van der Waals surface area contributed by atoms with Crippen molar-refractivity contribution < 1.29 is 24.8 Å². The Bertz CT molecular complexity index is 1030. The second kappa shape index (κ2) is 7.23. The van der Waals surface area contributed by atoms with E-state index in [4.69, 9.17) is 9.47 Å². The average Bonchev–Trinajstić information content (AvgIpc) is 3.30. The summed E-state index contributed by atoms with van der Waals surface area (Å²) in [5, 5.41) is 33.0. The van der Waals surface area contributed by atoms with E-state index in [-0.39, 0.29) is 6.04 Å². The average molecular weight is 399 g/mol. The molecule has 0 aliphatic carbocycles. The predicted octanol–water partition coefficient (Wildman–Crippen LogP) is -0.147. The molecule has 152 valence electrons. The number of aromatic nitrogens is 4. The number of para-hydroxylation sites is 1. The lowest BCUT2D eigenvalue weighted by Gasteiger charge is -2.26. The molecule has 0 amide bonds. The molecule has 2 aromatic heterocycles. The van der Waals surface area contributed by atoms with Crippen LogP contribution in [0.2, 0.25) is 0 Å². The van der Waals surface area contributed by atoms with Crippen LogP contribution < -0.4 is 10.1 Å². The molecule has 0 bridgehead atoms.